The molecule has 5 N–H and O–H groups in total. The number of carbonyl (C=O) groups is 2. The smallest absolute Gasteiger partial charge is 0.372 e. The molecule has 1 aliphatic heterocycles. The van der Waals surface area contributed by atoms with Gasteiger partial charge in [0.15, 0.2) is 6.17 Å². The van der Waals surface area contributed by atoms with E-state index in [0.717, 1.165) is 4.57 Å². The van der Waals surface area contributed by atoms with Gasteiger partial charge in [0.2, 0.25) is 5.91 Å². The zero-order chi connectivity index (χ0) is 26.3. The summed E-state index contributed by atoms with van der Waals surface area (Å²) in [4.78, 5) is 24.7. The van der Waals surface area contributed by atoms with Gasteiger partial charge in [-0.1, -0.05) is 45.0 Å². The van der Waals surface area contributed by atoms with Crippen molar-refractivity contribution in [2.45, 2.75) is 63.2 Å². The van der Waals surface area contributed by atoms with Crippen LogP contribution in [0.25, 0.3) is 10.8 Å². The van der Waals surface area contributed by atoms with Crippen molar-refractivity contribution in [3.05, 3.63) is 36.2 Å². The Labute approximate surface area is 199 Å². The summed E-state index contributed by atoms with van der Waals surface area (Å²) in [6, 6.07) is 4.75. The van der Waals surface area contributed by atoms with Gasteiger partial charge < -0.3 is 35.0 Å². The number of carboxylic acid groups (broad SMARTS) is 1. The van der Waals surface area contributed by atoms with Crippen LogP contribution in [0.5, 0.6) is 0 Å². The Balaban J connectivity index is 2.29. The Morgan fingerprint density at radius 3 is 2.49 bits per heavy atom. The molecule has 10 nitrogen and oxygen atoms in total. The van der Waals surface area contributed by atoms with Crippen LogP contribution in [-0.4, -0.2) is 79.9 Å². The zero-order valence-electron chi connectivity index (χ0n) is 19.2. The van der Waals surface area contributed by atoms with Crippen molar-refractivity contribution in [1.82, 2.24) is 9.88 Å². The molecule has 1 fully saturated rings. The number of rotatable bonds is 6. The molecule has 190 valence electrons. The number of nitrogens with one attached hydrogen (secondary N) is 1. The van der Waals surface area contributed by atoms with Crippen LogP contribution in [0.1, 0.15) is 32.5 Å². The number of fused-ring (bicyclic) bond motifs is 1. The average Bonchev–Trinajstić information content (AvgIpc) is 3.17. The fraction of sp³-hybridized carbons (Fsp3) is 0.522. The van der Waals surface area contributed by atoms with E-state index in [4.69, 9.17) is 4.74 Å². The maximum atomic E-state index is 15.8. The highest BCUT2D eigenvalue weighted by molar-refractivity contribution is 5.88. The molecule has 1 aromatic heterocycles. The van der Waals surface area contributed by atoms with Gasteiger partial charge in [-0.2, -0.15) is 9.65 Å². The first kappa shape index (κ1) is 26.5. The van der Waals surface area contributed by atoms with Gasteiger partial charge in [0.25, 0.3) is 0 Å². The molecule has 0 aliphatic carbocycles. The molecule has 0 radical (unpaired) electrons. The van der Waals surface area contributed by atoms with E-state index < -0.39 is 66.3 Å². The molecule has 7 atom stereocenters. The molecular weight excluding hydrogens is 468 g/mol. The van der Waals surface area contributed by atoms with E-state index in [9.17, 15) is 35.3 Å². The number of amides is 1. The number of benzene rings is 1. The molecule has 3 rings (SSSR count). The van der Waals surface area contributed by atoms with Gasteiger partial charge in [0, 0.05) is 22.4 Å². The molecule has 1 aromatic carbocycles. The third kappa shape index (κ3) is 4.60. The van der Waals surface area contributed by atoms with Crippen LogP contribution in [0.2, 0.25) is 0 Å². The van der Waals surface area contributed by atoms with Crippen LogP contribution in [0.15, 0.2) is 30.5 Å². The third-order valence-corrected chi connectivity index (χ3v) is 6.05. The lowest BCUT2D eigenvalue weighted by atomic mass is 9.84. The molecule has 1 aliphatic rings. The number of ether oxygens (including phenoxy) is 1. The normalized spacial score (nSPS) is 28.8. The largest absolute Gasteiger partial charge is 0.477 e. The number of aliphatic hydroxyl groups excluding tert-OH is 3. The summed E-state index contributed by atoms with van der Waals surface area (Å²) >= 11 is 0. The number of aliphatic carboxylic acids is 1. The lowest BCUT2D eigenvalue weighted by Gasteiger charge is -2.48. The number of aromatic nitrogens is 1. The first-order valence-electron chi connectivity index (χ1n) is 10.8. The summed E-state index contributed by atoms with van der Waals surface area (Å²) in [6.45, 7) is 3.57. The number of nitrogens with zero attached hydrogens (tertiary/aromatic N) is 2. The van der Waals surface area contributed by atoms with Crippen LogP contribution in [0.3, 0.4) is 0 Å². The molecule has 0 spiro atoms. The number of aliphatic hydroxyl groups is 3. The van der Waals surface area contributed by atoms with Crippen molar-refractivity contribution in [3.8, 4) is 6.07 Å². The van der Waals surface area contributed by atoms with E-state index in [1.54, 1.807) is 24.3 Å². The zero-order valence-corrected chi connectivity index (χ0v) is 19.2. The Kier molecular flexibility index (Phi) is 7.19. The van der Waals surface area contributed by atoms with E-state index >= 15 is 8.78 Å². The Morgan fingerprint density at radius 2 is 1.94 bits per heavy atom. The van der Waals surface area contributed by atoms with Crippen molar-refractivity contribution < 1.29 is 43.5 Å². The second kappa shape index (κ2) is 9.50. The molecule has 1 saturated heterocycles. The molecule has 35 heavy (non-hydrogen) atoms. The van der Waals surface area contributed by atoms with E-state index in [-0.39, 0.29) is 5.69 Å². The number of carboxylic acids is 1. The van der Waals surface area contributed by atoms with E-state index in [1.807, 2.05) is 6.07 Å². The lowest BCUT2D eigenvalue weighted by Crippen LogP contribution is -2.69. The van der Waals surface area contributed by atoms with Gasteiger partial charge in [0.05, 0.1) is 18.7 Å². The highest BCUT2D eigenvalue weighted by Gasteiger charge is 2.64. The van der Waals surface area contributed by atoms with Crippen molar-refractivity contribution in [2.75, 3.05) is 6.61 Å². The molecule has 0 saturated carbocycles. The SMILES string of the molecule is CC(C)(C)C(=O)N[C@H]1[C@H]([C@H](O)[C@H](O)CO)OC(F)(C(=O)O)C(F)[C@@H]1n1cc2ccccc2c1C#N. The number of carbonyl (C=O) groups excluding carboxylic acids is 1. The minimum atomic E-state index is -4.02. The maximum absolute atomic E-state index is 15.8. The summed E-state index contributed by atoms with van der Waals surface area (Å²) < 4.78 is 37.3. The van der Waals surface area contributed by atoms with E-state index in [2.05, 4.69) is 5.32 Å². The van der Waals surface area contributed by atoms with Gasteiger partial charge in [-0.15, -0.1) is 0 Å². The summed E-state index contributed by atoms with van der Waals surface area (Å²) in [6.07, 6.45) is -7.76. The number of halogens is 2. The van der Waals surface area contributed by atoms with Crippen molar-refractivity contribution >= 4 is 22.6 Å². The highest BCUT2D eigenvalue weighted by Crippen LogP contribution is 2.43. The molecule has 1 amide bonds. The van der Waals surface area contributed by atoms with Crippen LogP contribution in [-0.2, 0) is 14.3 Å². The maximum Gasteiger partial charge on any atom is 0.372 e. The fourth-order valence-corrected chi connectivity index (χ4v) is 4.09. The fourth-order valence-electron chi connectivity index (χ4n) is 4.09. The Morgan fingerprint density at radius 1 is 1.31 bits per heavy atom. The van der Waals surface area contributed by atoms with Crippen LogP contribution in [0.4, 0.5) is 8.78 Å². The standard InChI is InChI=1S/C23H27F2N3O7/c1-22(2,3)20(32)27-15-16(28-9-11-6-4-5-7-12(11)13(28)8-26)19(24)23(25,21(33)34)35-18(15)17(31)14(30)10-29/h4-7,9,14-19,29-31H,10H2,1-3H3,(H,27,32)(H,33,34)/t14-,15-,16-,17-,18-,19?,23?/m1/s1. The second-order valence-electron chi connectivity index (χ2n) is 9.50. The Bertz CT molecular complexity index is 1160. The molecular formula is C23H27F2N3O7. The van der Waals surface area contributed by atoms with Crippen molar-refractivity contribution in [2.24, 2.45) is 5.41 Å². The predicted octanol–water partition coefficient (Wildman–Crippen LogP) is 0.786. The lowest BCUT2D eigenvalue weighted by molar-refractivity contribution is -0.283. The summed E-state index contributed by atoms with van der Waals surface area (Å²) in [7, 11) is 0. The monoisotopic (exact) mass is 495 g/mol. The van der Waals surface area contributed by atoms with Crippen LogP contribution >= 0.6 is 0 Å². The topological polar surface area (TPSA) is 165 Å². The summed E-state index contributed by atoms with van der Waals surface area (Å²) in [5.41, 5.74) is -1.20. The van der Waals surface area contributed by atoms with Crippen LogP contribution in [0, 0.1) is 16.7 Å². The van der Waals surface area contributed by atoms with Crippen molar-refractivity contribution in [1.29, 1.82) is 5.26 Å². The predicted molar refractivity (Wildman–Crippen MR) is 117 cm³/mol. The van der Waals surface area contributed by atoms with Crippen LogP contribution < -0.4 is 5.32 Å². The van der Waals surface area contributed by atoms with Gasteiger partial charge in [-0.25, -0.2) is 9.18 Å². The van der Waals surface area contributed by atoms with Gasteiger partial charge >= 0.3 is 11.8 Å². The molecule has 0 bridgehead atoms. The second-order valence-corrected chi connectivity index (χ2v) is 9.50. The first-order valence-corrected chi connectivity index (χ1v) is 10.8. The van der Waals surface area contributed by atoms with E-state index in [1.165, 1.54) is 27.0 Å². The first-order chi connectivity index (χ1) is 16.3. The van der Waals surface area contributed by atoms with Gasteiger partial charge in [-0.05, 0) is 0 Å². The molecule has 12 heteroatoms. The van der Waals surface area contributed by atoms with E-state index in [0.29, 0.717) is 10.8 Å². The minimum absolute atomic E-state index is 0.145. The third-order valence-electron chi connectivity index (χ3n) is 6.05. The number of hydrogen-bond donors (Lipinski definition) is 5. The molecule has 2 unspecified atom stereocenters. The number of alkyl halides is 2. The number of hydrogen-bond acceptors (Lipinski definition) is 7. The van der Waals surface area contributed by atoms with Crippen molar-refractivity contribution in [3.63, 3.8) is 0 Å². The Hall–Kier alpha value is -3.11. The summed E-state index contributed by atoms with van der Waals surface area (Å²) in [5, 5.41) is 52.5. The number of nitriles is 1. The summed E-state index contributed by atoms with van der Waals surface area (Å²) in [5.74, 6) is -7.05. The molecule has 2 heterocycles. The van der Waals surface area contributed by atoms with Gasteiger partial charge in [-0.3, -0.25) is 4.79 Å². The quantitative estimate of drug-likeness (QED) is 0.392. The average molecular weight is 495 g/mol. The molecule has 2 aromatic rings. The highest BCUT2D eigenvalue weighted by atomic mass is 19.2. The van der Waals surface area contributed by atoms with Gasteiger partial charge in [0.1, 0.15) is 30.1 Å². The minimum Gasteiger partial charge on any atom is -0.477 e.